The molecule has 5 rings (SSSR count). The van der Waals surface area contributed by atoms with Crippen LogP contribution in [0.4, 0.5) is 5.82 Å². The Morgan fingerprint density at radius 3 is 2.56 bits per heavy atom. The van der Waals surface area contributed by atoms with Crippen LogP contribution in [0.5, 0.6) is 0 Å². The molecule has 0 aliphatic heterocycles. The van der Waals surface area contributed by atoms with E-state index >= 15 is 0 Å². The van der Waals surface area contributed by atoms with E-state index in [2.05, 4.69) is 26.3 Å². The zero-order chi connectivity index (χ0) is 15.6. The third-order valence-corrected chi connectivity index (χ3v) is 6.58. The van der Waals surface area contributed by atoms with Crippen LogP contribution in [0.25, 0.3) is 5.65 Å². The summed E-state index contributed by atoms with van der Waals surface area (Å²) in [5.41, 5.74) is 10.1. The quantitative estimate of drug-likeness (QED) is 0.728. The highest BCUT2D eigenvalue weighted by molar-refractivity contribution is 9.10. The van der Waals surface area contributed by atoms with Gasteiger partial charge in [-0.1, -0.05) is 0 Å². The fourth-order valence-corrected chi connectivity index (χ4v) is 4.75. The molecule has 25 heavy (non-hydrogen) atoms. The lowest BCUT2D eigenvalue weighted by molar-refractivity contribution is 0.410. The highest BCUT2D eigenvalue weighted by Gasteiger charge is 2.51. The van der Waals surface area contributed by atoms with E-state index in [1.807, 2.05) is 10.7 Å². The van der Waals surface area contributed by atoms with E-state index in [1.165, 1.54) is 36.3 Å². The van der Waals surface area contributed by atoms with Crippen molar-refractivity contribution in [2.24, 2.45) is 5.73 Å². The molecular formula is C17H24BrCl2N5. The summed E-state index contributed by atoms with van der Waals surface area (Å²) in [6.07, 6.45) is 11.4. The minimum Gasteiger partial charge on any atom is -0.367 e. The van der Waals surface area contributed by atoms with E-state index in [0.717, 1.165) is 42.2 Å². The Labute approximate surface area is 168 Å². The first-order valence-corrected chi connectivity index (χ1v) is 9.54. The fraction of sp³-hybridized carbons (Fsp3) is 0.647. The van der Waals surface area contributed by atoms with E-state index < -0.39 is 0 Å². The Morgan fingerprint density at radius 1 is 1.16 bits per heavy atom. The summed E-state index contributed by atoms with van der Waals surface area (Å²) >= 11 is 3.61. The van der Waals surface area contributed by atoms with Crippen LogP contribution in [-0.2, 0) is 11.8 Å². The van der Waals surface area contributed by atoms with Gasteiger partial charge in [0.25, 0.3) is 0 Å². The third kappa shape index (κ3) is 3.05. The lowest BCUT2D eigenvalue weighted by Gasteiger charge is -2.28. The van der Waals surface area contributed by atoms with Gasteiger partial charge in [0.15, 0.2) is 5.65 Å². The van der Waals surface area contributed by atoms with Gasteiger partial charge in [-0.2, -0.15) is 9.61 Å². The van der Waals surface area contributed by atoms with Crippen LogP contribution < -0.4 is 11.1 Å². The van der Waals surface area contributed by atoms with Crippen molar-refractivity contribution >= 4 is 52.2 Å². The van der Waals surface area contributed by atoms with Crippen molar-refractivity contribution < 1.29 is 0 Å². The normalized spacial score (nSPS) is 26.0. The lowest BCUT2D eigenvalue weighted by atomic mass is 9.92. The molecule has 0 amide bonds. The van der Waals surface area contributed by atoms with Crippen LogP contribution >= 0.6 is 40.7 Å². The van der Waals surface area contributed by atoms with Crippen molar-refractivity contribution in [1.29, 1.82) is 0 Å². The van der Waals surface area contributed by atoms with Crippen molar-refractivity contribution in [3.8, 4) is 0 Å². The Bertz CT molecular complexity index is 781. The zero-order valence-corrected chi connectivity index (χ0v) is 17.2. The van der Waals surface area contributed by atoms with Crippen molar-refractivity contribution in [2.45, 2.75) is 68.9 Å². The van der Waals surface area contributed by atoms with Crippen LogP contribution in [0.3, 0.4) is 0 Å². The molecule has 2 saturated carbocycles. The summed E-state index contributed by atoms with van der Waals surface area (Å²) in [6.45, 7) is 0. The number of rotatable bonds is 2. The minimum atomic E-state index is 0. The number of hydrogen-bond donors (Lipinski definition) is 2. The monoisotopic (exact) mass is 447 g/mol. The first-order chi connectivity index (χ1) is 11.2. The molecule has 0 radical (unpaired) electrons. The highest BCUT2D eigenvalue weighted by atomic mass is 79.9. The molecule has 2 aromatic heterocycles. The maximum Gasteiger partial charge on any atom is 0.171 e. The van der Waals surface area contributed by atoms with Gasteiger partial charge in [0, 0.05) is 23.1 Å². The molecule has 2 aromatic rings. The summed E-state index contributed by atoms with van der Waals surface area (Å²) in [6, 6.07) is 0.882. The molecule has 8 heteroatoms. The predicted octanol–water partition coefficient (Wildman–Crippen LogP) is 4.00. The van der Waals surface area contributed by atoms with E-state index in [1.54, 1.807) is 0 Å². The SMILES string of the molecule is Cl.Cl.NC1CCC(Nc2c3c(nc4c(Br)cnn24)C2(CC3)CC2)CC1. The molecule has 0 atom stereocenters. The average Bonchev–Trinajstić information content (AvgIpc) is 3.12. The zero-order valence-electron chi connectivity index (χ0n) is 14.0. The van der Waals surface area contributed by atoms with Crippen molar-refractivity contribution in [3.05, 3.63) is 21.9 Å². The smallest absolute Gasteiger partial charge is 0.171 e. The Hall–Kier alpha value is -0.560. The minimum absolute atomic E-state index is 0. The molecule has 3 aliphatic carbocycles. The first kappa shape index (κ1) is 19.2. The van der Waals surface area contributed by atoms with Gasteiger partial charge in [0.1, 0.15) is 5.82 Å². The Balaban J connectivity index is 0.000000911. The van der Waals surface area contributed by atoms with Crippen LogP contribution in [0.1, 0.15) is 56.2 Å². The van der Waals surface area contributed by atoms with Gasteiger partial charge in [-0.15, -0.1) is 24.8 Å². The number of nitrogens with two attached hydrogens (primary N) is 1. The number of aromatic nitrogens is 3. The van der Waals surface area contributed by atoms with Gasteiger partial charge in [0.2, 0.25) is 0 Å². The summed E-state index contributed by atoms with van der Waals surface area (Å²) < 4.78 is 2.98. The maximum absolute atomic E-state index is 6.06. The molecule has 3 aliphatic rings. The molecule has 2 fully saturated rings. The molecule has 0 unspecified atom stereocenters. The predicted molar refractivity (Wildman–Crippen MR) is 108 cm³/mol. The van der Waals surface area contributed by atoms with Gasteiger partial charge in [0.05, 0.1) is 16.4 Å². The van der Waals surface area contributed by atoms with Crippen molar-refractivity contribution in [3.63, 3.8) is 0 Å². The third-order valence-electron chi connectivity index (χ3n) is 6.02. The number of halogens is 3. The van der Waals surface area contributed by atoms with E-state index in [9.17, 15) is 0 Å². The van der Waals surface area contributed by atoms with Gasteiger partial charge >= 0.3 is 0 Å². The number of nitrogens with one attached hydrogen (secondary N) is 1. The van der Waals surface area contributed by atoms with Gasteiger partial charge < -0.3 is 11.1 Å². The second kappa shape index (κ2) is 6.87. The number of fused-ring (bicyclic) bond motifs is 3. The Morgan fingerprint density at radius 2 is 1.88 bits per heavy atom. The topological polar surface area (TPSA) is 68.2 Å². The fourth-order valence-electron chi connectivity index (χ4n) is 4.40. The number of nitrogens with zero attached hydrogens (tertiary/aromatic N) is 3. The van der Waals surface area contributed by atoms with E-state index in [0.29, 0.717) is 17.5 Å². The van der Waals surface area contributed by atoms with Gasteiger partial charge in [-0.25, -0.2) is 4.98 Å². The average molecular weight is 449 g/mol. The van der Waals surface area contributed by atoms with Crippen molar-refractivity contribution in [2.75, 3.05) is 5.32 Å². The molecule has 1 spiro atoms. The van der Waals surface area contributed by atoms with Crippen LogP contribution in [0.15, 0.2) is 10.7 Å². The highest BCUT2D eigenvalue weighted by Crippen LogP contribution is 2.57. The van der Waals surface area contributed by atoms with Gasteiger partial charge in [-0.05, 0) is 67.3 Å². The second-order valence-corrected chi connectivity index (χ2v) is 8.41. The summed E-state index contributed by atoms with van der Waals surface area (Å²) in [7, 11) is 0. The lowest BCUT2D eigenvalue weighted by Crippen LogP contribution is -2.33. The maximum atomic E-state index is 6.06. The molecule has 5 nitrogen and oxygen atoms in total. The van der Waals surface area contributed by atoms with E-state index in [-0.39, 0.29) is 24.8 Å². The molecule has 3 N–H and O–H groups in total. The van der Waals surface area contributed by atoms with Crippen molar-refractivity contribution in [1.82, 2.24) is 14.6 Å². The molecule has 138 valence electrons. The summed E-state index contributed by atoms with van der Waals surface area (Å²) in [5.74, 6) is 1.18. The number of anilines is 1. The molecule has 0 saturated heterocycles. The molecule has 0 bridgehead atoms. The first-order valence-electron chi connectivity index (χ1n) is 8.75. The van der Waals surface area contributed by atoms with Crippen LogP contribution in [0, 0.1) is 0 Å². The second-order valence-electron chi connectivity index (χ2n) is 7.55. The molecular weight excluding hydrogens is 425 g/mol. The molecule has 0 aromatic carbocycles. The van der Waals surface area contributed by atoms with Crippen LogP contribution in [0.2, 0.25) is 0 Å². The standard InChI is InChI=1S/C17H22BrN5.2ClH/c18-13-9-20-23-15(21-11-3-1-10(19)2-4-11)12-5-6-17(7-8-17)14(12)22-16(13)23;;/h9-11,21H,1-8,19H2;2*1H. The summed E-state index contributed by atoms with van der Waals surface area (Å²) in [5, 5.41) is 8.37. The Kier molecular flexibility index (Phi) is 5.28. The van der Waals surface area contributed by atoms with E-state index in [4.69, 9.17) is 10.7 Å². The van der Waals surface area contributed by atoms with Gasteiger partial charge in [-0.3, -0.25) is 0 Å². The molecule has 2 heterocycles. The summed E-state index contributed by atoms with van der Waals surface area (Å²) in [4.78, 5) is 4.99. The largest absolute Gasteiger partial charge is 0.367 e. The number of hydrogen-bond acceptors (Lipinski definition) is 4. The van der Waals surface area contributed by atoms with Crippen LogP contribution in [-0.4, -0.2) is 26.7 Å².